The van der Waals surface area contributed by atoms with Crippen LogP contribution in [0.3, 0.4) is 0 Å². The van der Waals surface area contributed by atoms with Gasteiger partial charge in [0.2, 0.25) is 5.91 Å². The topological polar surface area (TPSA) is 99.9 Å². The van der Waals surface area contributed by atoms with E-state index in [2.05, 4.69) is 17.4 Å². The minimum absolute atomic E-state index is 0.00100. The van der Waals surface area contributed by atoms with Crippen molar-refractivity contribution in [2.45, 2.75) is 58.5 Å². The van der Waals surface area contributed by atoms with Gasteiger partial charge in [-0.3, -0.25) is 14.4 Å². The van der Waals surface area contributed by atoms with Crippen molar-refractivity contribution in [3.63, 3.8) is 0 Å². The molecule has 2 amide bonds. The van der Waals surface area contributed by atoms with Gasteiger partial charge < -0.3 is 19.7 Å². The van der Waals surface area contributed by atoms with Crippen LogP contribution in [0.25, 0.3) is 0 Å². The molecule has 7 heteroatoms. The Bertz CT molecular complexity index is 939. The lowest BCUT2D eigenvalue weighted by Crippen LogP contribution is -2.51. The Labute approximate surface area is 182 Å². The molecule has 2 N–H and O–H groups in total. The largest absolute Gasteiger partial charge is 0.483 e. The third kappa shape index (κ3) is 4.22. The quantitative estimate of drug-likeness (QED) is 0.715. The Morgan fingerprint density at radius 2 is 1.94 bits per heavy atom. The lowest BCUT2D eigenvalue weighted by atomic mass is 9.69. The number of rotatable bonds is 5. The van der Waals surface area contributed by atoms with Gasteiger partial charge in [0.15, 0.2) is 0 Å². The number of aryl methyl sites for hydroxylation is 2. The average molecular weight is 427 g/mol. The third-order valence-corrected chi connectivity index (χ3v) is 6.40. The summed E-state index contributed by atoms with van der Waals surface area (Å²) in [5.41, 5.74) is 1.20. The predicted octanol–water partition coefficient (Wildman–Crippen LogP) is 3.34. The summed E-state index contributed by atoms with van der Waals surface area (Å²) in [6.07, 6.45) is 3.21. The monoisotopic (exact) mass is 426 g/mol. The molecule has 1 aromatic carbocycles. The molecule has 4 rings (SSSR count). The minimum Gasteiger partial charge on any atom is -0.483 e. The molecule has 0 aliphatic carbocycles. The minimum atomic E-state index is -0.567. The Hall–Kier alpha value is -3.09. The highest BCUT2D eigenvalue weighted by Gasteiger charge is 2.61. The summed E-state index contributed by atoms with van der Waals surface area (Å²) in [6, 6.07) is 12.0. The molecular weight excluding hydrogens is 396 g/mol. The van der Waals surface area contributed by atoms with Crippen LogP contribution in [0.5, 0.6) is 0 Å². The van der Waals surface area contributed by atoms with Crippen molar-refractivity contribution >= 4 is 18.3 Å². The Morgan fingerprint density at radius 3 is 2.52 bits per heavy atom. The van der Waals surface area contributed by atoms with Gasteiger partial charge in [0.05, 0.1) is 11.0 Å². The molecule has 2 saturated heterocycles. The summed E-state index contributed by atoms with van der Waals surface area (Å²) in [7, 11) is 0. The van der Waals surface area contributed by atoms with Crippen LogP contribution >= 0.6 is 0 Å². The Kier molecular flexibility index (Phi) is 6.83. The van der Waals surface area contributed by atoms with Crippen LogP contribution in [0.4, 0.5) is 0 Å². The SMILES string of the molecule is CCNC(=O)[C@]1(Cc2ccccc2)C[C@@H]2CC[C@H]1N2C(=O)c1cc(C)oc1C.O=CO. The zero-order valence-electron chi connectivity index (χ0n) is 18.3. The highest BCUT2D eigenvalue weighted by molar-refractivity contribution is 5.97. The van der Waals surface area contributed by atoms with Gasteiger partial charge in [0.25, 0.3) is 12.4 Å². The maximum atomic E-state index is 13.4. The first kappa shape index (κ1) is 22.6. The number of carbonyl (C=O) groups excluding carboxylic acids is 2. The Morgan fingerprint density at radius 1 is 1.26 bits per heavy atom. The molecule has 166 valence electrons. The van der Waals surface area contributed by atoms with Crippen molar-refractivity contribution in [2.75, 3.05) is 6.54 Å². The van der Waals surface area contributed by atoms with Crippen LogP contribution in [0, 0.1) is 19.3 Å². The fourth-order valence-electron chi connectivity index (χ4n) is 5.28. The van der Waals surface area contributed by atoms with E-state index in [1.807, 2.05) is 49.9 Å². The second kappa shape index (κ2) is 9.37. The number of nitrogens with one attached hydrogen (secondary N) is 1. The summed E-state index contributed by atoms with van der Waals surface area (Å²) < 4.78 is 5.59. The predicted molar refractivity (Wildman–Crippen MR) is 116 cm³/mol. The van der Waals surface area contributed by atoms with Crippen molar-refractivity contribution in [3.8, 4) is 0 Å². The van der Waals surface area contributed by atoms with Gasteiger partial charge in [-0.2, -0.15) is 0 Å². The first-order chi connectivity index (χ1) is 14.9. The van der Waals surface area contributed by atoms with Gasteiger partial charge in [0.1, 0.15) is 11.5 Å². The molecule has 0 saturated carbocycles. The Balaban J connectivity index is 0.000000858. The standard InChI is InChI=1S/C23H28N2O3.CH2O2/c1-4-24-22(27)23(13-17-8-6-5-7-9-17)14-18-10-11-20(23)25(18)21(26)19-12-15(2)28-16(19)3;2-1-3/h5-9,12,18,20H,4,10-11,13-14H2,1-3H3,(H,24,27);1H,(H,2,3)/t18-,20+,23+;/m0./s1. The van der Waals surface area contributed by atoms with E-state index >= 15 is 0 Å². The lowest BCUT2D eigenvalue weighted by Gasteiger charge is -2.36. The van der Waals surface area contributed by atoms with Crippen LogP contribution in [0.2, 0.25) is 0 Å². The second-order valence-corrected chi connectivity index (χ2v) is 8.27. The summed E-state index contributed by atoms with van der Waals surface area (Å²) in [4.78, 5) is 37.0. The molecular formula is C24H30N2O5. The molecule has 31 heavy (non-hydrogen) atoms. The zero-order chi connectivity index (χ0) is 22.6. The van der Waals surface area contributed by atoms with E-state index in [1.54, 1.807) is 0 Å². The summed E-state index contributed by atoms with van der Waals surface area (Å²) in [6.45, 7) is 5.98. The molecule has 0 spiro atoms. The van der Waals surface area contributed by atoms with Crippen LogP contribution in [0.1, 0.15) is 53.6 Å². The number of hydrogen-bond donors (Lipinski definition) is 2. The first-order valence-electron chi connectivity index (χ1n) is 10.7. The van der Waals surface area contributed by atoms with E-state index < -0.39 is 5.41 Å². The van der Waals surface area contributed by atoms with Gasteiger partial charge in [-0.1, -0.05) is 30.3 Å². The number of carboxylic acid groups (broad SMARTS) is 1. The highest BCUT2D eigenvalue weighted by atomic mass is 16.3. The second-order valence-electron chi connectivity index (χ2n) is 8.27. The van der Waals surface area contributed by atoms with E-state index in [1.165, 1.54) is 0 Å². The van der Waals surface area contributed by atoms with E-state index in [0.717, 1.165) is 30.6 Å². The molecule has 2 bridgehead atoms. The normalized spacial score (nSPS) is 23.8. The van der Waals surface area contributed by atoms with Crippen molar-refractivity contribution in [2.24, 2.45) is 5.41 Å². The number of nitrogens with zero attached hydrogens (tertiary/aromatic N) is 1. The maximum absolute atomic E-state index is 13.4. The summed E-state index contributed by atoms with van der Waals surface area (Å²) >= 11 is 0. The first-order valence-corrected chi connectivity index (χ1v) is 10.7. The van der Waals surface area contributed by atoms with Crippen LogP contribution < -0.4 is 5.32 Å². The van der Waals surface area contributed by atoms with E-state index in [9.17, 15) is 9.59 Å². The molecule has 0 radical (unpaired) electrons. The molecule has 3 heterocycles. The molecule has 1 aromatic heterocycles. The molecule has 2 aromatic rings. The number of fused-ring (bicyclic) bond motifs is 2. The van der Waals surface area contributed by atoms with E-state index in [4.69, 9.17) is 14.3 Å². The van der Waals surface area contributed by atoms with Crippen molar-refractivity contribution in [1.29, 1.82) is 0 Å². The summed E-state index contributed by atoms with van der Waals surface area (Å²) in [5.74, 6) is 1.47. The maximum Gasteiger partial charge on any atom is 0.290 e. The van der Waals surface area contributed by atoms with Gasteiger partial charge >= 0.3 is 0 Å². The van der Waals surface area contributed by atoms with Crippen LogP contribution in [0.15, 0.2) is 40.8 Å². The van der Waals surface area contributed by atoms with Crippen molar-refractivity contribution in [3.05, 3.63) is 59.0 Å². The summed E-state index contributed by atoms with van der Waals surface area (Å²) in [5, 5.41) is 9.94. The number of benzene rings is 1. The van der Waals surface area contributed by atoms with Gasteiger partial charge in [-0.05, 0) is 58.1 Å². The third-order valence-electron chi connectivity index (χ3n) is 6.40. The smallest absolute Gasteiger partial charge is 0.290 e. The molecule has 2 aliphatic rings. The fraction of sp³-hybridized carbons (Fsp3) is 0.458. The van der Waals surface area contributed by atoms with Crippen molar-refractivity contribution in [1.82, 2.24) is 10.2 Å². The number of hydrogen-bond acceptors (Lipinski definition) is 4. The number of amides is 2. The number of furan rings is 1. The van der Waals surface area contributed by atoms with Gasteiger partial charge in [0, 0.05) is 18.6 Å². The molecule has 2 fully saturated rings. The van der Waals surface area contributed by atoms with Crippen LogP contribution in [-0.2, 0) is 16.0 Å². The van der Waals surface area contributed by atoms with Crippen LogP contribution in [-0.4, -0.2) is 46.9 Å². The number of carbonyl (C=O) groups is 3. The average Bonchev–Trinajstić information content (AvgIpc) is 3.40. The fourth-order valence-corrected chi connectivity index (χ4v) is 5.28. The molecule has 7 nitrogen and oxygen atoms in total. The molecule has 0 unspecified atom stereocenters. The van der Waals surface area contributed by atoms with Gasteiger partial charge in [-0.25, -0.2) is 0 Å². The zero-order valence-corrected chi connectivity index (χ0v) is 18.3. The van der Waals surface area contributed by atoms with E-state index in [-0.39, 0.29) is 30.4 Å². The lowest BCUT2D eigenvalue weighted by molar-refractivity contribution is -0.132. The van der Waals surface area contributed by atoms with E-state index in [0.29, 0.717) is 24.3 Å². The molecule has 2 aliphatic heterocycles. The molecule has 3 atom stereocenters. The highest BCUT2D eigenvalue weighted by Crippen LogP contribution is 2.52. The van der Waals surface area contributed by atoms with Crippen molar-refractivity contribution < 1.29 is 23.9 Å². The van der Waals surface area contributed by atoms with Gasteiger partial charge in [-0.15, -0.1) is 0 Å².